The number of rotatable bonds is 7. The van der Waals surface area contributed by atoms with Crippen LogP contribution in [-0.2, 0) is 14.8 Å². The summed E-state index contributed by atoms with van der Waals surface area (Å²) in [6, 6.07) is 20.4. The van der Waals surface area contributed by atoms with Gasteiger partial charge in [0.05, 0.1) is 16.3 Å². The van der Waals surface area contributed by atoms with Crippen molar-refractivity contribution in [3.05, 3.63) is 83.9 Å². The number of fused-ring (bicyclic) bond motifs is 1. The average molecular weight is 462 g/mol. The van der Waals surface area contributed by atoms with Crippen molar-refractivity contribution in [2.45, 2.75) is 23.7 Å². The van der Waals surface area contributed by atoms with Gasteiger partial charge in [-0.25, -0.2) is 13.1 Å². The van der Waals surface area contributed by atoms with E-state index in [1.807, 2.05) is 30.3 Å². The van der Waals surface area contributed by atoms with Crippen LogP contribution in [0.2, 0.25) is 0 Å². The molecule has 33 heavy (non-hydrogen) atoms. The monoisotopic (exact) mass is 461 g/mol. The zero-order valence-corrected chi connectivity index (χ0v) is 18.5. The summed E-state index contributed by atoms with van der Waals surface area (Å²) < 4.78 is 28.4. The van der Waals surface area contributed by atoms with E-state index in [0.717, 1.165) is 18.4 Å². The van der Waals surface area contributed by atoms with Gasteiger partial charge in [0.1, 0.15) is 11.7 Å². The van der Waals surface area contributed by atoms with E-state index < -0.39 is 15.9 Å². The third-order valence-corrected chi connectivity index (χ3v) is 7.29. The van der Waals surface area contributed by atoms with Gasteiger partial charge in [0.2, 0.25) is 15.9 Å². The lowest BCUT2D eigenvalue weighted by molar-refractivity contribution is -0.115. The molecule has 1 aliphatic carbocycles. The normalized spacial score (nSPS) is 18.1. The van der Waals surface area contributed by atoms with E-state index in [-0.39, 0.29) is 16.6 Å². The Balaban J connectivity index is 1.58. The van der Waals surface area contributed by atoms with E-state index in [2.05, 4.69) is 10.0 Å². The summed E-state index contributed by atoms with van der Waals surface area (Å²) in [6.45, 7) is 0.428. The fourth-order valence-electron chi connectivity index (χ4n) is 3.88. The van der Waals surface area contributed by atoms with Gasteiger partial charge < -0.3 is 10.4 Å². The first kappa shape index (κ1) is 21.4. The number of carbonyl (C=O) groups excluding carboxylic acids is 1. The smallest absolute Gasteiger partial charge is 0.240 e. The Kier molecular flexibility index (Phi) is 5.47. The highest BCUT2D eigenvalue weighted by molar-refractivity contribution is 7.89. The number of anilines is 1. The Hall–Kier alpha value is -3.49. The number of carbonyl (C=O) groups is 1. The summed E-state index contributed by atoms with van der Waals surface area (Å²) in [4.78, 5) is 17.9. The number of benzene rings is 3. The maximum Gasteiger partial charge on any atom is 0.240 e. The number of sulfonamides is 1. The second-order valence-electron chi connectivity index (χ2n) is 8.35. The molecule has 1 fully saturated rings. The number of aliphatic imine (C=N–C) groups is 1. The van der Waals surface area contributed by atoms with Crippen molar-refractivity contribution in [2.75, 3.05) is 11.9 Å². The summed E-state index contributed by atoms with van der Waals surface area (Å²) >= 11 is 0. The van der Waals surface area contributed by atoms with Gasteiger partial charge in [-0.05, 0) is 72.4 Å². The maximum atomic E-state index is 13.1. The molecule has 8 heteroatoms. The molecule has 1 atom stereocenters. The number of nitrogens with zero attached hydrogens (tertiary/aromatic N) is 1. The zero-order chi connectivity index (χ0) is 23.0. The Morgan fingerprint density at radius 1 is 1.03 bits per heavy atom. The van der Waals surface area contributed by atoms with E-state index >= 15 is 0 Å². The minimum absolute atomic E-state index is 0.118. The molecule has 0 spiro atoms. The van der Waals surface area contributed by atoms with Gasteiger partial charge in [0.15, 0.2) is 0 Å². The van der Waals surface area contributed by atoms with Crippen LogP contribution in [0.1, 0.15) is 29.9 Å². The second kappa shape index (κ2) is 8.46. The molecule has 3 N–H and O–H groups in total. The highest BCUT2D eigenvalue weighted by Gasteiger charge is 2.36. The summed E-state index contributed by atoms with van der Waals surface area (Å²) in [7, 11) is -3.69. The highest BCUT2D eigenvalue weighted by Crippen LogP contribution is 2.38. The van der Waals surface area contributed by atoms with Crippen molar-refractivity contribution in [1.29, 1.82) is 0 Å². The third-order valence-electron chi connectivity index (χ3n) is 5.87. The van der Waals surface area contributed by atoms with E-state index in [9.17, 15) is 18.3 Å². The molecule has 3 aromatic carbocycles. The molecule has 168 valence electrons. The van der Waals surface area contributed by atoms with Gasteiger partial charge in [0.25, 0.3) is 0 Å². The van der Waals surface area contributed by atoms with Crippen molar-refractivity contribution < 1.29 is 18.3 Å². The van der Waals surface area contributed by atoms with E-state index in [0.29, 0.717) is 35.1 Å². The molecule has 2 aliphatic rings. The number of phenolic OH excluding ortho intramolecular Hbond substituents is 1. The van der Waals surface area contributed by atoms with E-state index in [1.54, 1.807) is 24.3 Å². The summed E-state index contributed by atoms with van der Waals surface area (Å²) in [6.07, 6.45) is 2.09. The van der Waals surface area contributed by atoms with Crippen LogP contribution in [0.4, 0.5) is 11.4 Å². The molecule has 7 nitrogen and oxygen atoms in total. The van der Waals surface area contributed by atoms with Crippen molar-refractivity contribution in [3.63, 3.8) is 0 Å². The quantitative estimate of drug-likeness (QED) is 0.463. The second-order valence-corrected chi connectivity index (χ2v) is 10.1. The number of aromatic hydroxyl groups is 1. The van der Waals surface area contributed by atoms with Gasteiger partial charge in [-0.3, -0.25) is 9.79 Å². The van der Waals surface area contributed by atoms with Crippen molar-refractivity contribution >= 4 is 33.0 Å². The van der Waals surface area contributed by atoms with Crippen LogP contribution < -0.4 is 10.0 Å². The Morgan fingerprint density at radius 3 is 2.45 bits per heavy atom. The molecule has 1 amide bonds. The first-order valence-corrected chi connectivity index (χ1v) is 12.3. The standard InChI is InChI=1S/C25H23N3O4S/c29-19-10-8-18(9-11-19)27-24(17-4-2-1-3-5-17)23-21-14-20(12-13-22(21)28-25(23)30)33(31,32)26-15-16-6-7-16/h1-5,8-14,16,23,26,29H,6-7,15H2,(H,28,30). The molecule has 0 bridgehead atoms. The van der Waals surface area contributed by atoms with Gasteiger partial charge in [-0.1, -0.05) is 30.3 Å². The first-order chi connectivity index (χ1) is 15.9. The summed E-state index contributed by atoms with van der Waals surface area (Å²) in [5.74, 6) is -0.526. The van der Waals surface area contributed by atoms with Crippen LogP contribution in [0.3, 0.4) is 0 Å². The molecule has 1 heterocycles. The Morgan fingerprint density at radius 2 is 1.76 bits per heavy atom. The minimum atomic E-state index is -3.69. The SMILES string of the molecule is O=C1Nc2ccc(S(=O)(=O)NCC3CC3)cc2C1C(=Nc1ccc(O)cc1)c1ccccc1. The number of phenols is 1. The fourth-order valence-corrected chi connectivity index (χ4v) is 5.03. The van der Waals surface area contributed by atoms with Crippen LogP contribution in [0, 0.1) is 5.92 Å². The molecule has 1 unspecified atom stereocenters. The van der Waals surface area contributed by atoms with E-state index in [1.165, 1.54) is 18.2 Å². The summed E-state index contributed by atoms with van der Waals surface area (Å²) in [5, 5.41) is 12.5. The van der Waals surface area contributed by atoms with Crippen molar-refractivity contribution in [3.8, 4) is 5.75 Å². The largest absolute Gasteiger partial charge is 0.508 e. The number of hydrogen-bond acceptors (Lipinski definition) is 5. The van der Waals surface area contributed by atoms with Crippen LogP contribution >= 0.6 is 0 Å². The summed E-state index contributed by atoms with van der Waals surface area (Å²) in [5.41, 5.74) is 2.95. The lowest BCUT2D eigenvalue weighted by Gasteiger charge is -2.15. The predicted octanol–water partition coefficient (Wildman–Crippen LogP) is 3.94. The molecule has 3 aromatic rings. The topological polar surface area (TPSA) is 108 Å². The molecule has 0 saturated heterocycles. The van der Waals surface area contributed by atoms with Crippen LogP contribution in [-0.4, -0.2) is 31.7 Å². The molecule has 5 rings (SSSR count). The maximum absolute atomic E-state index is 13.1. The van der Waals surface area contributed by atoms with Gasteiger partial charge in [-0.15, -0.1) is 0 Å². The lowest BCUT2D eigenvalue weighted by Crippen LogP contribution is -2.26. The van der Waals surface area contributed by atoms with E-state index in [4.69, 9.17) is 4.99 Å². The van der Waals surface area contributed by atoms with Gasteiger partial charge in [-0.2, -0.15) is 0 Å². The van der Waals surface area contributed by atoms with Crippen LogP contribution in [0.25, 0.3) is 0 Å². The zero-order valence-electron chi connectivity index (χ0n) is 17.7. The molecular weight excluding hydrogens is 438 g/mol. The molecule has 0 radical (unpaired) electrons. The molecule has 0 aromatic heterocycles. The van der Waals surface area contributed by atoms with Gasteiger partial charge >= 0.3 is 0 Å². The van der Waals surface area contributed by atoms with Crippen molar-refractivity contribution in [2.24, 2.45) is 10.9 Å². The average Bonchev–Trinajstić information content (AvgIpc) is 3.59. The van der Waals surface area contributed by atoms with Crippen LogP contribution in [0.5, 0.6) is 5.75 Å². The van der Waals surface area contributed by atoms with Gasteiger partial charge in [0, 0.05) is 12.2 Å². The lowest BCUT2D eigenvalue weighted by atomic mass is 9.90. The highest BCUT2D eigenvalue weighted by atomic mass is 32.2. The fraction of sp³-hybridized carbons (Fsp3) is 0.200. The molecular formula is C25H23N3O4S. The Labute approximate surface area is 192 Å². The van der Waals surface area contributed by atoms with Crippen LogP contribution in [0.15, 0.2) is 82.7 Å². The Bertz CT molecular complexity index is 1330. The first-order valence-electron chi connectivity index (χ1n) is 10.8. The number of amides is 1. The van der Waals surface area contributed by atoms with Crippen molar-refractivity contribution in [1.82, 2.24) is 4.72 Å². The third kappa shape index (κ3) is 4.53. The number of nitrogens with one attached hydrogen (secondary N) is 2. The molecule has 1 aliphatic heterocycles. The predicted molar refractivity (Wildman–Crippen MR) is 126 cm³/mol. The minimum Gasteiger partial charge on any atom is -0.508 e. The molecule has 1 saturated carbocycles. The number of hydrogen-bond donors (Lipinski definition) is 3.